The van der Waals surface area contributed by atoms with Crippen LogP contribution in [0.1, 0.15) is 16.0 Å². The number of amides is 1. The van der Waals surface area contributed by atoms with Gasteiger partial charge in [-0.05, 0) is 36.5 Å². The largest absolute Gasteiger partial charge is 0.337 e. The van der Waals surface area contributed by atoms with Gasteiger partial charge in [-0.2, -0.15) is 0 Å². The van der Waals surface area contributed by atoms with E-state index in [2.05, 4.69) is 11.4 Å². The minimum atomic E-state index is -0.593. The fraction of sp³-hybridized carbons (Fsp3) is 0.353. The first-order chi connectivity index (χ1) is 11.0. The monoisotopic (exact) mass is 336 g/mol. The molecule has 3 nitrogen and oxygen atoms in total. The maximum Gasteiger partial charge on any atom is 0.237 e. The molecule has 6 heteroatoms. The molecule has 3 rings (SSSR count). The van der Waals surface area contributed by atoms with E-state index in [-0.39, 0.29) is 19.0 Å². The van der Waals surface area contributed by atoms with Crippen LogP contribution in [0, 0.1) is 11.6 Å². The summed E-state index contributed by atoms with van der Waals surface area (Å²) in [5.74, 6) is -1.14. The molecule has 0 atom stereocenters. The number of benzene rings is 1. The summed E-state index contributed by atoms with van der Waals surface area (Å²) in [7, 11) is 1.76. The third kappa shape index (κ3) is 3.76. The Labute approximate surface area is 138 Å². The van der Waals surface area contributed by atoms with E-state index in [0.29, 0.717) is 12.1 Å². The van der Waals surface area contributed by atoms with Crippen molar-refractivity contribution in [3.63, 3.8) is 0 Å². The van der Waals surface area contributed by atoms with Crippen LogP contribution in [0.15, 0.2) is 29.6 Å². The van der Waals surface area contributed by atoms with Crippen LogP contribution in [0.2, 0.25) is 0 Å². The predicted octanol–water partition coefficient (Wildman–Crippen LogP) is 3.04. The molecule has 1 aliphatic heterocycles. The molecule has 0 N–H and O–H groups in total. The molecule has 0 saturated carbocycles. The van der Waals surface area contributed by atoms with E-state index in [4.69, 9.17) is 0 Å². The Hall–Kier alpha value is -1.79. The lowest BCUT2D eigenvalue weighted by Gasteiger charge is -2.29. The van der Waals surface area contributed by atoms with Gasteiger partial charge in [-0.15, -0.1) is 11.3 Å². The van der Waals surface area contributed by atoms with E-state index >= 15 is 0 Å². The normalized spacial score (nSPS) is 14.2. The summed E-state index contributed by atoms with van der Waals surface area (Å²) in [6.45, 7) is 1.87. The third-order valence-corrected chi connectivity index (χ3v) is 5.04. The van der Waals surface area contributed by atoms with Gasteiger partial charge >= 0.3 is 0 Å². The topological polar surface area (TPSA) is 23.6 Å². The summed E-state index contributed by atoms with van der Waals surface area (Å²) in [6, 6.07) is 5.59. The Morgan fingerprint density at radius 2 is 2.17 bits per heavy atom. The molecule has 122 valence electrons. The second-order valence-corrected chi connectivity index (χ2v) is 6.84. The van der Waals surface area contributed by atoms with Crippen LogP contribution >= 0.6 is 11.3 Å². The van der Waals surface area contributed by atoms with Gasteiger partial charge in [0.1, 0.15) is 11.6 Å². The van der Waals surface area contributed by atoms with E-state index in [1.54, 1.807) is 23.3 Å². The van der Waals surface area contributed by atoms with Crippen LogP contribution in [0.4, 0.5) is 8.78 Å². The van der Waals surface area contributed by atoms with E-state index in [1.165, 1.54) is 22.6 Å². The zero-order chi connectivity index (χ0) is 16.4. The van der Waals surface area contributed by atoms with Gasteiger partial charge in [0.15, 0.2) is 0 Å². The highest BCUT2D eigenvalue weighted by molar-refractivity contribution is 7.10. The molecule has 2 aromatic rings. The first kappa shape index (κ1) is 16.1. The molecular formula is C17H18F2N2OS. The number of thiophene rings is 1. The minimum Gasteiger partial charge on any atom is -0.337 e. The SMILES string of the molecule is CN(CC(=O)N1CCc2sccc2C1)Cc1ccc(F)cc1F. The summed E-state index contributed by atoms with van der Waals surface area (Å²) in [6.07, 6.45) is 0.898. The van der Waals surface area contributed by atoms with Gasteiger partial charge in [-0.3, -0.25) is 9.69 Å². The Morgan fingerprint density at radius 3 is 2.96 bits per heavy atom. The van der Waals surface area contributed by atoms with Crippen molar-refractivity contribution in [2.45, 2.75) is 19.5 Å². The number of hydrogen-bond acceptors (Lipinski definition) is 3. The lowest BCUT2D eigenvalue weighted by molar-refractivity contribution is -0.133. The number of fused-ring (bicyclic) bond motifs is 1. The van der Waals surface area contributed by atoms with Crippen molar-refractivity contribution in [3.05, 3.63) is 57.3 Å². The number of carbonyl (C=O) groups is 1. The van der Waals surface area contributed by atoms with Gasteiger partial charge in [-0.1, -0.05) is 6.07 Å². The van der Waals surface area contributed by atoms with Crippen molar-refractivity contribution >= 4 is 17.2 Å². The number of carbonyl (C=O) groups excluding carboxylic acids is 1. The highest BCUT2D eigenvalue weighted by Crippen LogP contribution is 2.24. The molecular weight excluding hydrogens is 318 g/mol. The molecule has 1 amide bonds. The van der Waals surface area contributed by atoms with Gasteiger partial charge in [0.2, 0.25) is 5.91 Å². The third-order valence-electron chi connectivity index (χ3n) is 4.02. The minimum absolute atomic E-state index is 0.0341. The van der Waals surface area contributed by atoms with Crippen molar-refractivity contribution < 1.29 is 13.6 Å². The Morgan fingerprint density at radius 1 is 1.35 bits per heavy atom. The Balaban J connectivity index is 1.57. The van der Waals surface area contributed by atoms with Crippen molar-refractivity contribution in [1.29, 1.82) is 0 Å². The fourth-order valence-corrected chi connectivity index (χ4v) is 3.68. The maximum atomic E-state index is 13.7. The average Bonchev–Trinajstić information content (AvgIpc) is 2.97. The molecule has 1 aliphatic rings. The predicted molar refractivity (Wildman–Crippen MR) is 86.1 cm³/mol. The Bertz CT molecular complexity index is 716. The summed E-state index contributed by atoms with van der Waals surface area (Å²) < 4.78 is 26.6. The second kappa shape index (κ2) is 6.76. The first-order valence-corrected chi connectivity index (χ1v) is 8.36. The average molecular weight is 336 g/mol. The smallest absolute Gasteiger partial charge is 0.237 e. The zero-order valence-corrected chi connectivity index (χ0v) is 13.7. The summed E-state index contributed by atoms with van der Waals surface area (Å²) in [4.78, 5) is 17.4. The van der Waals surface area contributed by atoms with Crippen LogP contribution in [0.3, 0.4) is 0 Å². The van der Waals surface area contributed by atoms with E-state index in [0.717, 1.165) is 19.0 Å². The molecule has 0 unspecified atom stereocenters. The van der Waals surface area contributed by atoms with Crippen molar-refractivity contribution in [3.8, 4) is 0 Å². The molecule has 1 aromatic carbocycles. The molecule has 2 heterocycles. The first-order valence-electron chi connectivity index (χ1n) is 7.48. The van der Waals surface area contributed by atoms with E-state index < -0.39 is 11.6 Å². The quantitative estimate of drug-likeness (QED) is 0.857. The molecule has 0 aliphatic carbocycles. The highest BCUT2D eigenvalue weighted by Gasteiger charge is 2.22. The van der Waals surface area contributed by atoms with Crippen LogP contribution in [0.25, 0.3) is 0 Å². The maximum absolute atomic E-state index is 13.7. The molecule has 1 aromatic heterocycles. The van der Waals surface area contributed by atoms with Crippen LogP contribution < -0.4 is 0 Å². The van der Waals surface area contributed by atoms with Gasteiger partial charge < -0.3 is 4.90 Å². The molecule has 0 saturated heterocycles. The number of likely N-dealkylation sites (N-methyl/N-ethyl adjacent to an activating group) is 1. The number of hydrogen-bond donors (Lipinski definition) is 0. The number of halogens is 2. The summed E-state index contributed by atoms with van der Waals surface area (Å²) >= 11 is 1.74. The lowest BCUT2D eigenvalue weighted by atomic mass is 10.1. The van der Waals surface area contributed by atoms with Crippen molar-refractivity contribution in [1.82, 2.24) is 9.80 Å². The zero-order valence-electron chi connectivity index (χ0n) is 12.9. The number of nitrogens with zero attached hydrogens (tertiary/aromatic N) is 2. The van der Waals surface area contributed by atoms with Gasteiger partial charge in [0.25, 0.3) is 0 Å². The summed E-state index contributed by atoms with van der Waals surface area (Å²) in [5, 5.41) is 2.06. The van der Waals surface area contributed by atoms with Crippen LogP contribution in [0.5, 0.6) is 0 Å². The van der Waals surface area contributed by atoms with Gasteiger partial charge in [0, 0.05) is 36.1 Å². The Kier molecular flexibility index (Phi) is 4.73. The molecule has 0 radical (unpaired) electrons. The summed E-state index contributed by atoms with van der Waals surface area (Å²) in [5.41, 5.74) is 1.61. The molecule has 23 heavy (non-hydrogen) atoms. The molecule has 0 bridgehead atoms. The fourth-order valence-electron chi connectivity index (χ4n) is 2.79. The second-order valence-electron chi connectivity index (χ2n) is 5.84. The van der Waals surface area contributed by atoms with Gasteiger partial charge in [-0.25, -0.2) is 8.78 Å². The van der Waals surface area contributed by atoms with Crippen molar-refractivity contribution in [2.75, 3.05) is 20.1 Å². The molecule has 0 spiro atoms. The van der Waals surface area contributed by atoms with E-state index in [9.17, 15) is 13.6 Å². The molecule has 0 fully saturated rings. The van der Waals surface area contributed by atoms with Crippen molar-refractivity contribution in [2.24, 2.45) is 0 Å². The van der Waals surface area contributed by atoms with Crippen LogP contribution in [-0.4, -0.2) is 35.8 Å². The van der Waals surface area contributed by atoms with Crippen LogP contribution in [-0.2, 0) is 24.3 Å². The lowest BCUT2D eigenvalue weighted by Crippen LogP contribution is -2.41. The standard InChI is InChI=1S/C17H18F2N2OS/c1-20(9-12-2-3-14(18)8-15(12)19)11-17(22)21-6-4-16-13(10-21)5-7-23-16/h2-3,5,7-8H,4,6,9-11H2,1H3. The van der Waals surface area contributed by atoms with Gasteiger partial charge in [0.05, 0.1) is 6.54 Å². The number of rotatable bonds is 4. The van der Waals surface area contributed by atoms with E-state index in [1.807, 2.05) is 4.90 Å². The highest BCUT2D eigenvalue weighted by atomic mass is 32.1.